The summed E-state index contributed by atoms with van der Waals surface area (Å²) in [5, 5.41) is 5.34. The fraction of sp³-hybridized carbons (Fsp3) is 0.0526. The minimum absolute atomic E-state index is 0.187. The average Bonchev–Trinajstić information content (AvgIpc) is 2.60. The monoisotopic (exact) mass is 306 g/mol. The molecule has 0 spiro atoms. The second-order valence-electron chi connectivity index (χ2n) is 4.79. The number of carbonyl (C=O) groups is 2. The lowest BCUT2D eigenvalue weighted by Crippen LogP contribution is -2.34. The molecule has 4 nitrogen and oxygen atoms in total. The molecule has 116 valence electrons. The Hall–Kier alpha value is -3.14. The van der Waals surface area contributed by atoms with Crippen LogP contribution in [0.4, 0.5) is 0 Å². The van der Waals surface area contributed by atoms with E-state index in [0.29, 0.717) is 12.1 Å². The quantitative estimate of drug-likeness (QED) is 0.637. The molecule has 4 heteroatoms. The van der Waals surface area contributed by atoms with Crippen molar-refractivity contribution in [1.82, 2.24) is 10.6 Å². The molecule has 0 bridgehead atoms. The van der Waals surface area contributed by atoms with Crippen LogP contribution in [0.15, 0.2) is 79.0 Å². The summed E-state index contributed by atoms with van der Waals surface area (Å²) in [5.41, 5.74) is 1.50. The molecule has 0 saturated carbocycles. The molecule has 2 amide bonds. The van der Waals surface area contributed by atoms with Crippen LogP contribution in [0, 0.1) is 0 Å². The van der Waals surface area contributed by atoms with Crippen molar-refractivity contribution >= 4 is 17.9 Å². The van der Waals surface area contributed by atoms with Crippen LogP contribution >= 0.6 is 0 Å². The van der Waals surface area contributed by atoms with Crippen molar-refractivity contribution in [3.63, 3.8) is 0 Å². The molecule has 2 aromatic carbocycles. The van der Waals surface area contributed by atoms with E-state index in [9.17, 15) is 9.59 Å². The zero-order valence-electron chi connectivity index (χ0n) is 12.7. The third-order valence-corrected chi connectivity index (χ3v) is 3.05. The van der Waals surface area contributed by atoms with Gasteiger partial charge < -0.3 is 10.6 Å². The molecule has 0 unspecified atom stereocenters. The molecule has 0 saturated heterocycles. The standard InChI is InChI=1S/C19H18N2O2/c1-2-13-20-19(23)17(14-15-9-5-3-6-10-15)21-18(22)16-11-7-4-8-12-16/h2-12,14H,1,13H2,(H,20,23)(H,21,22)/b17-14+. The normalized spacial score (nSPS) is 10.7. The van der Waals surface area contributed by atoms with Crippen LogP contribution in [0.25, 0.3) is 6.08 Å². The summed E-state index contributed by atoms with van der Waals surface area (Å²) in [6.07, 6.45) is 3.22. The predicted molar refractivity (Wildman–Crippen MR) is 91.5 cm³/mol. The van der Waals surface area contributed by atoms with Gasteiger partial charge in [0.2, 0.25) is 0 Å². The molecule has 0 fully saturated rings. The SMILES string of the molecule is C=CCNC(=O)/C(=C\c1ccccc1)NC(=O)c1ccccc1. The lowest BCUT2D eigenvalue weighted by molar-refractivity contribution is -0.117. The van der Waals surface area contributed by atoms with E-state index >= 15 is 0 Å². The van der Waals surface area contributed by atoms with Crippen molar-refractivity contribution in [2.24, 2.45) is 0 Å². The molecule has 2 N–H and O–H groups in total. The van der Waals surface area contributed by atoms with Crippen LogP contribution < -0.4 is 10.6 Å². The number of benzene rings is 2. The molecule has 0 aliphatic heterocycles. The highest BCUT2D eigenvalue weighted by Crippen LogP contribution is 2.07. The summed E-state index contributed by atoms with van der Waals surface area (Å²) >= 11 is 0. The Bertz CT molecular complexity index is 707. The van der Waals surface area contributed by atoms with Crippen molar-refractivity contribution in [3.05, 3.63) is 90.1 Å². The van der Waals surface area contributed by atoms with E-state index in [2.05, 4.69) is 17.2 Å². The molecule has 2 aromatic rings. The molecule has 2 rings (SSSR count). The van der Waals surface area contributed by atoms with Gasteiger partial charge in [0.25, 0.3) is 11.8 Å². The number of hydrogen-bond acceptors (Lipinski definition) is 2. The lowest BCUT2D eigenvalue weighted by Gasteiger charge is -2.10. The third-order valence-electron chi connectivity index (χ3n) is 3.05. The Morgan fingerprint density at radius 3 is 2.17 bits per heavy atom. The highest BCUT2D eigenvalue weighted by atomic mass is 16.2. The van der Waals surface area contributed by atoms with Crippen molar-refractivity contribution in [2.75, 3.05) is 6.54 Å². The molecular formula is C19H18N2O2. The van der Waals surface area contributed by atoms with Gasteiger partial charge in [0.1, 0.15) is 5.70 Å². The molecular weight excluding hydrogens is 288 g/mol. The lowest BCUT2D eigenvalue weighted by atomic mass is 10.1. The van der Waals surface area contributed by atoms with Crippen molar-refractivity contribution in [3.8, 4) is 0 Å². The van der Waals surface area contributed by atoms with Gasteiger partial charge in [-0.2, -0.15) is 0 Å². The first-order chi connectivity index (χ1) is 11.2. The average molecular weight is 306 g/mol. The first-order valence-electron chi connectivity index (χ1n) is 7.23. The molecule has 0 radical (unpaired) electrons. The van der Waals surface area contributed by atoms with Crippen LogP contribution in [0.3, 0.4) is 0 Å². The van der Waals surface area contributed by atoms with Crippen molar-refractivity contribution in [2.45, 2.75) is 0 Å². The highest BCUT2D eigenvalue weighted by molar-refractivity contribution is 6.05. The second kappa shape index (κ2) is 8.34. The minimum atomic E-state index is -0.363. The van der Waals surface area contributed by atoms with Crippen LogP contribution in [-0.2, 0) is 4.79 Å². The van der Waals surface area contributed by atoms with E-state index < -0.39 is 0 Å². The van der Waals surface area contributed by atoms with Crippen LogP contribution in [0.2, 0.25) is 0 Å². The molecule has 0 aliphatic carbocycles. The Kier molecular flexibility index (Phi) is 5.89. The van der Waals surface area contributed by atoms with Gasteiger partial charge in [0.15, 0.2) is 0 Å². The molecule has 0 heterocycles. The van der Waals surface area contributed by atoms with E-state index in [-0.39, 0.29) is 17.5 Å². The van der Waals surface area contributed by atoms with E-state index in [0.717, 1.165) is 5.56 Å². The van der Waals surface area contributed by atoms with Gasteiger partial charge in [-0.3, -0.25) is 9.59 Å². The third kappa shape index (κ3) is 4.97. The minimum Gasteiger partial charge on any atom is -0.347 e. The predicted octanol–water partition coefficient (Wildman–Crippen LogP) is 2.76. The zero-order valence-corrected chi connectivity index (χ0v) is 12.7. The van der Waals surface area contributed by atoms with Crippen LogP contribution in [0.1, 0.15) is 15.9 Å². The maximum Gasteiger partial charge on any atom is 0.268 e. The smallest absolute Gasteiger partial charge is 0.268 e. The summed E-state index contributed by atoms with van der Waals surface area (Å²) in [5.74, 6) is -0.695. The number of hydrogen-bond donors (Lipinski definition) is 2. The Morgan fingerprint density at radius 1 is 0.957 bits per heavy atom. The van der Waals surface area contributed by atoms with Crippen LogP contribution in [-0.4, -0.2) is 18.4 Å². The Balaban J connectivity index is 2.23. The van der Waals surface area contributed by atoms with Crippen molar-refractivity contribution in [1.29, 1.82) is 0 Å². The maximum absolute atomic E-state index is 12.3. The van der Waals surface area contributed by atoms with Gasteiger partial charge in [-0.25, -0.2) is 0 Å². The van der Waals surface area contributed by atoms with Gasteiger partial charge in [-0.15, -0.1) is 6.58 Å². The van der Waals surface area contributed by atoms with E-state index in [1.54, 1.807) is 36.4 Å². The Labute approximate surface area is 135 Å². The fourth-order valence-corrected chi connectivity index (χ4v) is 1.92. The second-order valence-corrected chi connectivity index (χ2v) is 4.79. The highest BCUT2D eigenvalue weighted by Gasteiger charge is 2.13. The van der Waals surface area contributed by atoms with E-state index in [1.165, 1.54) is 0 Å². The molecule has 0 atom stereocenters. The number of nitrogens with one attached hydrogen (secondary N) is 2. The summed E-state index contributed by atoms with van der Waals surface area (Å²) < 4.78 is 0. The number of amides is 2. The van der Waals surface area contributed by atoms with Crippen LogP contribution in [0.5, 0.6) is 0 Å². The number of rotatable bonds is 6. The fourth-order valence-electron chi connectivity index (χ4n) is 1.92. The summed E-state index contributed by atoms with van der Waals surface area (Å²) in [6, 6.07) is 18.1. The number of carbonyl (C=O) groups excluding carboxylic acids is 2. The largest absolute Gasteiger partial charge is 0.347 e. The van der Waals surface area contributed by atoms with Gasteiger partial charge in [0.05, 0.1) is 0 Å². The van der Waals surface area contributed by atoms with Crippen molar-refractivity contribution < 1.29 is 9.59 Å². The summed E-state index contributed by atoms with van der Waals surface area (Å²) in [4.78, 5) is 24.5. The summed E-state index contributed by atoms with van der Waals surface area (Å²) in [6.45, 7) is 3.89. The Morgan fingerprint density at radius 2 is 1.57 bits per heavy atom. The first-order valence-corrected chi connectivity index (χ1v) is 7.23. The van der Waals surface area contributed by atoms with Gasteiger partial charge in [-0.1, -0.05) is 54.6 Å². The van der Waals surface area contributed by atoms with Gasteiger partial charge in [-0.05, 0) is 23.8 Å². The first kappa shape index (κ1) is 16.2. The summed E-state index contributed by atoms with van der Waals surface area (Å²) in [7, 11) is 0. The maximum atomic E-state index is 12.3. The van der Waals surface area contributed by atoms with E-state index in [1.807, 2.05) is 36.4 Å². The molecule has 0 aromatic heterocycles. The van der Waals surface area contributed by atoms with Gasteiger partial charge >= 0.3 is 0 Å². The zero-order chi connectivity index (χ0) is 16.5. The van der Waals surface area contributed by atoms with Gasteiger partial charge in [0, 0.05) is 12.1 Å². The molecule has 0 aliphatic rings. The molecule has 23 heavy (non-hydrogen) atoms. The topological polar surface area (TPSA) is 58.2 Å². The van der Waals surface area contributed by atoms with E-state index in [4.69, 9.17) is 0 Å².